The summed E-state index contributed by atoms with van der Waals surface area (Å²) >= 11 is 0. The molecule has 1 saturated heterocycles. The number of rotatable bonds is 8. The molecule has 1 aromatic rings. The molecule has 4 atom stereocenters. The van der Waals surface area contributed by atoms with Crippen molar-refractivity contribution in [2.75, 3.05) is 11.9 Å². The van der Waals surface area contributed by atoms with E-state index in [1.54, 1.807) is 18.2 Å². The van der Waals surface area contributed by atoms with Gasteiger partial charge in [-0.1, -0.05) is 19.9 Å². The lowest BCUT2D eigenvalue weighted by atomic mass is 9.86. The van der Waals surface area contributed by atoms with Gasteiger partial charge in [-0.3, -0.25) is 4.79 Å². The summed E-state index contributed by atoms with van der Waals surface area (Å²) in [5, 5.41) is 16.2. The number of halogens is 3. The molecule has 3 aliphatic carbocycles. The molecular formula is C26H35F3N4O3. The minimum atomic E-state index is -4.90. The number of benzene rings is 1. The van der Waals surface area contributed by atoms with E-state index in [1.807, 2.05) is 13.8 Å². The number of nitrogens with one attached hydrogen (secondary N) is 2. The van der Waals surface area contributed by atoms with Crippen LogP contribution in [0.4, 0.5) is 23.7 Å². The minimum Gasteiger partial charge on any atom is -0.381 e. The lowest BCUT2D eigenvalue weighted by Gasteiger charge is -2.42. The maximum atomic E-state index is 13.9. The van der Waals surface area contributed by atoms with Gasteiger partial charge in [0.15, 0.2) is 6.10 Å². The number of anilines is 1. The van der Waals surface area contributed by atoms with Crippen LogP contribution in [0.1, 0.15) is 50.7 Å². The number of urea groups is 1. The number of aliphatic hydroxyl groups is 1. The molecule has 1 heterocycles. The third kappa shape index (κ3) is 4.58. The number of amides is 3. The van der Waals surface area contributed by atoms with E-state index in [1.165, 1.54) is 4.90 Å². The average Bonchev–Trinajstić information content (AvgIpc) is 3.73. The van der Waals surface area contributed by atoms with Gasteiger partial charge in [-0.15, -0.1) is 0 Å². The van der Waals surface area contributed by atoms with Crippen LogP contribution in [-0.4, -0.2) is 58.4 Å². The molecule has 0 spiro atoms. The second kappa shape index (κ2) is 8.90. The van der Waals surface area contributed by atoms with Gasteiger partial charge in [0.05, 0.1) is 17.6 Å². The Kier molecular flexibility index (Phi) is 6.26. The first-order valence-electron chi connectivity index (χ1n) is 12.9. The molecule has 3 amide bonds. The normalized spacial score (nSPS) is 27.9. The molecule has 5 rings (SSSR count). The van der Waals surface area contributed by atoms with Crippen LogP contribution in [0.3, 0.4) is 0 Å². The molecule has 3 fully saturated rings. The van der Waals surface area contributed by atoms with Gasteiger partial charge in [0.25, 0.3) is 0 Å². The first-order chi connectivity index (χ1) is 16.9. The Labute approximate surface area is 209 Å². The van der Waals surface area contributed by atoms with Crippen molar-refractivity contribution in [2.45, 2.75) is 82.3 Å². The number of carbonyl (C=O) groups excluding carboxylic acids is 2. The standard InChI is InChI=1S/C26H35F3N4O3/c1-13(2)19-12-33(24(36)32-19)25(23(35)26(27,28)29)10-16-7-8-18(9-17(16)11-25)31-22(34)21(30)20(14-3-4-14)15-5-6-15/h7-9,13-15,19-21,23,35H,3-6,10-12,30H2,1-2H3,(H,31,34)(H,32,36)/t19-,21-,23?,25?/m0/s1. The van der Waals surface area contributed by atoms with Gasteiger partial charge >= 0.3 is 12.2 Å². The van der Waals surface area contributed by atoms with Crippen LogP contribution >= 0.6 is 0 Å². The number of hydrogen-bond donors (Lipinski definition) is 4. The maximum Gasteiger partial charge on any atom is 0.416 e. The fraction of sp³-hybridized carbons (Fsp3) is 0.692. The summed E-state index contributed by atoms with van der Waals surface area (Å²) in [5.41, 5.74) is 6.15. The van der Waals surface area contributed by atoms with E-state index in [0.29, 0.717) is 28.7 Å². The lowest BCUT2D eigenvalue weighted by Crippen LogP contribution is -2.63. The van der Waals surface area contributed by atoms with Crippen molar-refractivity contribution in [1.29, 1.82) is 0 Å². The molecule has 0 aromatic heterocycles. The zero-order chi connectivity index (χ0) is 26.0. The van der Waals surface area contributed by atoms with Gasteiger partial charge in [0.1, 0.15) is 0 Å². The number of nitrogens with two attached hydrogens (primary N) is 1. The summed E-state index contributed by atoms with van der Waals surface area (Å²) in [7, 11) is 0. The number of carbonyl (C=O) groups is 2. The van der Waals surface area contributed by atoms with E-state index in [-0.39, 0.29) is 43.2 Å². The van der Waals surface area contributed by atoms with Crippen LogP contribution in [0, 0.1) is 23.7 Å². The van der Waals surface area contributed by atoms with Crippen LogP contribution in [0.2, 0.25) is 0 Å². The minimum absolute atomic E-state index is 0.0314. The first kappa shape index (κ1) is 25.3. The Morgan fingerprint density at radius 1 is 1.17 bits per heavy atom. The molecule has 2 unspecified atom stereocenters. The molecule has 1 aromatic carbocycles. The second-order valence-corrected chi connectivity index (χ2v) is 11.6. The third-order valence-corrected chi connectivity index (χ3v) is 8.61. The highest BCUT2D eigenvalue weighted by atomic mass is 19.4. The molecule has 36 heavy (non-hydrogen) atoms. The van der Waals surface area contributed by atoms with Gasteiger partial charge in [-0.25, -0.2) is 4.79 Å². The summed E-state index contributed by atoms with van der Waals surface area (Å²) in [5.74, 6) is 0.936. The maximum absolute atomic E-state index is 13.9. The Morgan fingerprint density at radius 2 is 1.78 bits per heavy atom. The van der Waals surface area contributed by atoms with Crippen molar-refractivity contribution in [2.24, 2.45) is 29.4 Å². The van der Waals surface area contributed by atoms with E-state index in [0.717, 1.165) is 25.7 Å². The first-order valence-corrected chi connectivity index (χ1v) is 12.9. The van der Waals surface area contributed by atoms with Crippen LogP contribution in [0.5, 0.6) is 0 Å². The Balaban J connectivity index is 1.37. The van der Waals surface area contributed by atoms with E-state index in [2.05, 4.69) is 10.6 Å². The molecule has 5 N–H and O–H groups in total. The van der Waals surface area contributed by atoms with Gasteiger partial charge in [0, 0.05) is 12.2 Å². The monoisotopic (exact) mass is 508 g/mol. The topological polar surface area (TPSA) is 108 Å². The average molecular weight is 509 g/mol. The van der Waals surface area contributed by atoms with Gasteiger partial charge in [0.2, 0.25) is 5.91 Å². The predicted molar refractivity (Wildman–Crippen MR) is 128 cm³/mol. The molecule has 2 saturated carbocycles. The molecule has 0 bridgehead atoms. The highest BCUT2D eigenvalue weighted by Gasteiger charge is 2.60. The zero-order valence-corrected chi connectivity index (χ0v) is 20.6. The molecule has 198 valence electrons. The molecular weight excluding hydrogens is 473 g/mol. The zero-order valence-electron chi connectivity index (χ0n) is 20.6. The predicted octanol–water partition coefficient (Wildman–Crippen LogP) is 3.20. The van der Waals surface area contributed by atoms with Crippen LogP contribution in [0.15, 0.2) is 18.2 Å². The van der Waals surface area contributed by atoms with Gasteiger partial charge in [-0.05, 0) is 85.5 Å². The summed E-state index contributed by atoms with van der Waals surface area (Å²) in [6.07, 6.45) is -3.48. The third-order valence-electron chi connectivity index (χ3n) is 8.61. The molecule has 0 radical (unpaired) electrons. The summed E-state index contributed by atoms with van der Waals surface area (Å²) < 4.78 is 41.6. The number of hydrogen-bond acceptors (Lipinski definition) is 4. The van der Waals surface area contributed by atoms with Gasteiger partial charge in [-0.2, -0.15) is 13.2 Å². The summed E-state index contributed by atoms with van der Waals surface area (Å²) in [4.78, 5) is 26.9. The van der Waals surface area contributed by atoms with E-state index < -0.39 is 29.9 Å². The van der Waals surface area contributed by atoms with Crippen molar-refractivity contribution in [3.8, 4) is 0 Å². The highest BCUT2D eigenvalue weighted by Crippen LogP contribution is 2.50. The van der Waals surface area contributed by atoms with E-state index in [4.69, 9.17) is 5.73 Å². The molecule has 7 nitrogen and oxygen atoms in total. The van der Waals surface area contributed by atoms with Crippen molar-refractivity contribution in [3.63, 3.8) is 0 Å². The number of fused-ring (bicyclic) bond motifs is 1. The van der Waals surface area contributed by atoms with Crippen molar-refractivity contribution in [3.05, 3.63) is 29.3 Å². The lowest BCUT2D eigenvalue weighted by molar-refractivity contribution is -0.236. The smallest absolute Gasteiger partial charge is 0.381 e. The Bertz CT molecular complexity index is 1030. The Hall–Kier alpha value is -2.33. The molecule has 4 aliphatic rings. The SMILES string of the molecule is CC(C)[C@@H]1CN(C2(C(O)C(F)(F)F)Cc3ccc(NC(=O)[C@@H](N)C(C4CC4)C4CC4)cc3C2)C(=O)N1. The van der Waals surface area contributed by atoms with Crippen LogP contribution in [-0.2, 0) is 17.6 Å². The van der Waals surface area contributed by atoms with E-state index in [9.17, 15) is 27.9 Å². The largest absolute Gasteiger partial charge is 0.416 e. The quantitative estimate of drug-likeness (QED) is 0.433. The number of aliphatic hydroxyl groups excluding tert-OH is 1. The van der Waals surface area contributed by atoms with Gasteiger partial charge < -0.3 is 26.4 Å². The summed E-state index contributed by atoms with van der Waals surface area (Å²) in [6.45, 7) is 3.86. The number of nitrogens with zero attached hydrogens (tertiary/aromatic N) is 1. The van der Waals surface area contributed by atoms with Crippen LogP contribution in [0.25, 0.3) is 0 Å². The molecule has 1 aliphatic heterocycles. The van der Waals surface area contributed by atoms with Crippen LogP contribution < -0.4 is 16.4 Å². The second-order valence-electron chi connectivity index (χ2n) is 11.6. The van der Waals surface area contributed by atoms with Crippen molar-refractivity contribution < 1.29 is 27.9 Å². The number of alkyl halides is 3. The fourth-order valence-corrected chi connectivity index (χ4v) is 6.26. The van der Waals surface area contributed by atoms with Crippen molar-refractivity contribution >= 4 is 17.6 Å². The fourth-order valence-electron chi connectivity index (χ4n) is 6.26. The molecule has 10 heteroatoms. The summed E-state index contributed by atoms with van der Waals surface area (Å²) in [6, 6.07) is 3.46. The highest BCUT2D eigenvalue weighted by molar-refractivity contribution is 5.95. The Morgan fingerprint density at radius 3 is 2.31 bits per heavy atom. The van der Waals surface area contributed by atoms with E-state index >= 15 is 0 Å². The van der Waals surface area contributed by atoms with Crippen molar-refractivity contribution in [1.82, 2.24) is 10.2 Å².